The summed E-state index contributed by atoms with van der Waals surface area (Å²) in [6.45, 7) is 6.70. The number of carbonyl (C=O) groups is 3. The fourth-order valence-electron chi connectivity index (χ4n) is 11.1. The number of carbonyl (C=O) groups excluding carboxylic acids is 3. The molecule has 79 heavy (non-hydrogen) atoms. The maximum atomic E-state index is 13.0. The van der Waals surface area contributed by atoms with Crippen molar-refractivity contribution in [2.24, 2.45) is 0 Å². The predicted octanol–water partition coefficient (Wildman–Crippen LogP) is 24.6. The molecule has 0 aliphatic carbocycles. The molecule has 0 aliphatic rings. The Bertz CT molecular complexity index is 1270. The lowest BCUT2D eigenvalue weighted by Crippen LogP contribution is -2.30. The van der Waals surface area contributed by atoms with E-state index in [1.54, 1.807) is 0 Å². The summed E-state index contributed by atoms with van der Waals surface area (Å²) < 4.78 is 17.0. The van der Waals surface area contributed by atoms with E-state index in [4.69, 9.17) is 14.2 Å². The minimum absolute atomic E-state index is 0.0691. The molecule has 466 valence electrons. The van der Waals surface area contributed by atoms with Crippen LogP contribution in [-0.4, -0.2) is 37.2 Å². The molecule has 0 N–H and O–H groups in total. The Labute approximate surface area is 493 Å². The zero-order valence-corrected chi connectivity index (χ0v) is 53.7. The summed E-state index contributed by atoms with van der Waals surface area (Å²) in [4.78, 5) is 38.5. The van der Waals surface area contributed by atoms with E-state index in [0.717, 1.165) is 77.0 Å². The number of unbranched alkanes of at least 4 members (excludes halogenated alkanes) is 52. The molecule has 0 saturated heterocycles. The van der Waals surface area contributed by atoms with Crippen LogP contribution in [0.4, 0.5) is 0 Å². The van der Waals surface area contributed by atoms with E-state index in [-0.39, 0.29) is 31.1 Å². The van der Waals surface area contributed by atoms with E-state index in [1.807, 2.05) is 0 Å². The Balaban J connectivity index is 4.26. The van der Waals surface area contributed by atoms with Gasteiger partial charge >= 0.3 is 17.9 Å². The lowest BCUT2D eigenvalue weighted by molar-refractivity contribution is -0.167. The van der Waals surface area contributed by atoms with Crippen molar-refractivity contribution in [3.05, 3.63) is 24.3 Å². The summed E-state index contributed by atoms with van der Waals surface area (Å²) in [6, 6.07) is 0. The van der Waals surface area contributed by atoms with Gasteiger partial charge in [0.05, 0.1) is 0 Å². The highest BCUT2D eigenvalue weighted by molar-refractivity contribution is 5.71. The van der Waals surface area contributed by atoms with Crippen LogP contribution in [-0.2, 0) is 28.6 Å². The van der Waals surface area contributed by atoms with Crippen molar-refractivity contribution in [1.29, 1.82) is 0 Å². The van der Waals surface area contributed by atoms with Crippen LogP contribution >= 0.6 is 0 Å². The van der Waals surface area contributed by atoms with Gasteiger partial charge in [0.25, 0.3) is 0 Å². The van der Waals surface area contributed by atoms with Crippen LogP contribution in [0, 0.1) is 0 Å². The fourth-order valence-corrected chi connectivity index (χ4v) is 11.1. The first-order chi connectivity index (χ1) is 39.0. The van der Waals surface area contributed by atoms with Crippen LogP contribution in [0.2, 0.25) is 0 Å². The Kier molecular flexibility index (Phi) is 66.6. The van der Waals surface area contributed by atoms with Gasteiger partial charge in [0.1, 0.15) is 13.2 Å². The average molecular weight is 1110 g/mol. The molecule has 6 heteroatoms. The highest BCUT2D eigenvalue weighted by atomic mass is 16.6. The topological polar surface area (TPSA) is 78.9 Å². The first-order valence-electron chi connectivity index (χ1n) is 35.8. The lowest BCUT2D eigenvalue weighted by atomic mass is 10.0. The molecule has 0 rings (SSSR count). The van der Waals surface area contributed by atoms with Crippen molar-refractivity contribution in [2.45, 2.75) is 412 Å². The van der Waals surface area contributed by atoms with Gasteiger partial charge in [-0.2, -0.15) is 0 Å². The quantitative estimate of drug-likeness (QED) is 0.0261. The number of rotatable bonds is 67. The van der Waals surface area contributed by atoms with Gasteiger partial charge in [-0.1, -0.05) is 360 Å². The summed E-state index contributed by atoms with van der Waals surface area (Å²) in [6.07, 6.45) is 83.5. The van der Waals surface area contributed by atoms with Crippen molar-refractivity contribution in [3.8, 4) is 0 Å². The molecule has 0 aromatic rings. The van der Waals surface area contributed by atoms with E-state index in [9.17, 15) is 14.4 Å². The first kappa shape index (κ1) is 76.9. The Morgan fingerprint density at radius 3 is 0.709 bits per heavy atom. The number of allylic oxidation sites excluding steroid dienone is 4. The van der Waals surface area contributed by atoms with E-state index < -0.39 is 6.10 Å². The van der Waals surface area contributed by atoms with Gasteiger partial charge in [0.2, 0.25) is 0 Å². The zero-order valence-electron chi connectivity index (χ0n) is 53.7. The molecule has 0 heterocycles. The number of hydrogen-bond donors (Lipinski definition) is 0. The SMILES string of the molecule is CCCCCC/C=C\C/C=C\CCCCCCCC(=O)OCC(COC(=O)CCCCCCCCCCCCCCCCCCCCCCCCCCC)OC(=O)CCCCCCCCCCCCCCCCCCCCCC. The van der Waals surface area contributed by atoms with Gasteiger partial charge in [-0.15, -0.1) is 0 Å². The zero-order chi connectivity index (χ0) is 57.1. The van der Waals surface area contributed by atoms with Gasteiger partial charge in [-0.05, 0) is 51.4 Å². The third kappa shape index (κ3) is 66.6. The Morgan fingerprint density at radius 2 is 0.456 bits per heavy atom. The van der Waals surface area contributed by atoms with E-state index in [2.05, 4.69) is 45.1 Å². The second-order valence-electron chi connectivity index (χ2n) is 24.5. The molecule has 0 aromatic carbocycles. The first-order valence-corrected chi connectivity index (χ1v) is 35.8. The van der Waals surface area contributed by atoms with Gasteiger partial charge in [0.15, 0.2) is 6.10 Å². The maximum Gasteiger partial charge on any atom is 0.306 e. The molecule has 0 bridgehead atoms. The lowest BCUT2D eigenvalue weighted by Gasteiger charge is -2.18. The van der Waals surface area contributed by atoms with Crippen molar-refractivity contribution in [3.63, 3.8) is 0 Å². The van der Waals surface area contributed by atoms with Crippen molar-refractivity contribution in [1.82, 2.24) is 0 Å². The number of hydrogen-bond acceptors (Lipinski definition) is 6. The van der Waals surface area contributed by atoms with Gasteiger partial charge in [0, 0.05) is 19.3 Å². The largest absolute Gasteiger partial charge is 0.462 e. The van der Waals surface area contributed by atoms with Crippen LogP contribution in [0.15, 0.2) is 24.3 Å². The standard InChI is InChI=1S/C73H138O6/c1-4-7-10-13-16-19-22-25-28-31-33-35-36-37-38-39-41-42-45-48-51-54-57-60-63-66-72(75)78-69-70(68-77-71(74)65-62-59-56-53-50-47-44-30-27-24-21-18-15-12-9-6-3)79-73(76)67-64-61-58-55-52-49-46-43-40-34-32-29-26-23-20-17-14-11-8-5-2/h21,24,30,44,70H,4-20,22-23,25-29,31-43,45-69H2,1-3H3/b24-21-,44-30-. The molecule has 0 fully saturated rings. The van der Waals surface area contributed by atoms with E-state index in [0.29, 0.717) is 19.3 Å². The minimum atomic E-state index is -0.774. The second-order valence-corrected chi connectivity index (χ2v) is 24.5. The Hall–Kier alpha value is -2.11. The van der Waals surface area contributed by atoms with Crippen molar-refractivity contribution >= 4 is 17.9 Å². The molecule has 0 aromatic heterocycles. The van der Waals surface area contributed by atoms with E-state index >= 15 is 0 Å². The molecule has 6 nitrogen and oxygen atoms in total. The van der Waals surface area contributed by atoms with Gasteiger partial charge in [-0.3, -0.25) is 14.4 Å². The molecular formula is C73H138O6. The Morgan fingerprint density at radius 1 is 0.253 bits per heavy atom. The molecular weight excluding hydrogens is 973 g/mol. The summed E-state index contributed by atoms with van der Waals surface area (Å²) in [5.74, 6) is -0.849. The summed E-state index contributed by atoms with van der Waals surface area (Å²) >= 11 is 0. The second kappa shape index (κ2) is 68.4. The molecule has 0 saturated carbocycles. The van der Waals surface area contributed by atoms with Crippen molar-refractivity contribution < 1.29 is 28.6 Å². The summed E-state index contributed by atoms with van der Waals surface area (Å²) in [5, 5.41) is 0. The number of esters is 3. The van der Waals surface area contributed by atoms with Gasteiger partial charge < -0.3 is 14.2 Å². The molecule has 1 unspecified atom stereocenters. The third-order valence-electron chi connectivity index (χ3n) is 16.5. The maximum absolute atomic E-state index is 13.0. The van der Waals surface area contributed by atoms with Crippen LogP contribution in [0.3, 0.4) is 0 Å². The average Bonchev–Trinajstić information content (AvgIpc) is 3.45. The summed E-state index contributed by atoms with van der Waals surface area (Å²) in [7, 11) is 0. The van der Waals surface area contributed by atoms with Gasteiger partial charge in [-0.25, -0.2) is 0 Å². The molecule has 0 amide bonds. The molecule has 0 spiro atoms. The van der Waals surface area contributed by atoms with E-state index in [1.165, 1.54) is 289 Å². The minimum Gasteiger partial charge on any atom is -0.462 e. The smallest absolute Gasteiger partial charge is 0.306 e. The van der Waals surface area contributed by atoms with Crippen LogP contribution in [0.1, 0.15) is 406 Å². The van der Waals surface area contributed by atoms with Crippen LogP contribution in [0.25, 0.3) is 0 Å². The highest BCUT2D eigenvalue weighted by Gasteiger charge is 2.19. The predicted molar refractivity (Wildman–Crippen MR) is 344 cm³/mol. The normalized spacial score (nSPS) is 12.1. The summed E-state index contributed by atoms with van der Waals surface area (Å²) in [5.41, 5.74) is 0. The number of ether oxygens (including phenoxy) is 3. The highest BCUT2D eigenvalue weighted by Crippen LogP contribution is 2.19. The molecule has 0 radical (unpaired) electrons. The van der Waals surface area contributed by atoms with Crippen molar-refractivity contribution in [2.75, 3.05) is 13.2 Å². The molecule has 1 atom stereocenters. The molecule has 0 aliphatic heterocycles. The van der Waals surface area contributed by atoms with Crippen LogP contribution in [0.5, 0.6) is 0 Å². The fraction of sp³-hybridized carbons (Fsp3) is 0.904. The third-order valence-corrected chi connectivity index (χ3v) is 16.5. The monoisotopic (exact) mass is 1110 g/mol. The van der Waals surface area contributed by atoms with Crippen LogP contribution < -0.4 is 0 Å².